The molecule has 0 radical (unpaired) electrons. The number of benzene rings is 3. The van der Waals surface area contributed by atoms with Gasteiger partial charge in [0.25, 0.3) is 5.91 Å². The Bertz CT molecular complexity index is 1760. The van der Waals surface area contributed by atoms with Gasteiger partial charge < -0.3 is 35.1 Å². The van der Waals surface area contributed by atoms with Gasteiger partial charge in [0, 0.05) is 35.8 Å². The third kappa shape index (κ3) is 6.19. The van der Waals surface area contributed by atoms with E-state index >= 15 is 0 Å². The van der Waals surface area contributed by atoms with E-state index in [2.05, 4.69) is 10.6 Å². The van der Waals surface area contributed by atoms with Gasteiger partial charge >= 0.3 is 0 Å². The van der Waals surface area contributed by atoms with Crippen molar-refractivity contribution in [2.75, 3.05) is 29.9 Å². The number of carbonyl (C=O) groups is 3. The summed E-state index contributed by atoms with van der Waals surface area (Å²) in [5.74, 6) is -0.786. The van der Waals surface area contributed by atoms with Gasteiger partial charge in [-0.25, -0.2) is 0 Å². The second kappa shape index (κ2) is 13.7. The number of carbonyl (C=O) groups excluding carboxylic acids is 3. The lowest BCUT2D eigenvalue weighted by atomic mass is 9.82. The highest BCUT2D eigenvalue weighted by atomic mass is 28.4. The Labute approximate surface area is 294 Å². The Morgan fingerprint density at radius 2 is 1.76 bits per heavy atom. The molecule has 4 aliphatic rings. The zero-order valence-corrected chi connectivity index (χ0v) is 30.1. The van der Waals surface area contributed by atoms with Crippen LogP contribution in [0.3, 0.4) is 0 Å². The molecule has 3 aromatic rings. The molecule has 0 aliphatic carbocycles. The van der Waals surface area contributed by atoms with Crippen LogP contribution in [0.1, 0.15) is 48.4 Å². The third-order valence-electron chi connectivity index (χ3n) is 11.4. The Kier molecular flexibility index (Phi) is 9.46. The van der Waals surface area contributed by atoms with E-state index in [4.69, 9.17) is 4.74 Å². The molecule has 4 N–H and O–H groups in total. The summed E-state index contributed by atoms with van der Waals surface area (Å²) in [6.07, 6.45) is 1.75. The van der Waals surface area contributed by atoms with Gasteiger partial charge in [-0.15, -0.1) is 0 Å². The van der Waals surface area contributed by atoms with Gasteiger partial charge in [0.2, 0.25) is 11.8 Å². The largest absolute Gasteiger partial charge is 0.432 e. The molecule has 0 bridgehead atoms. The van der Waals surface area contributed by atoms with E-state index in [9.17, 15) is 24.3 Å². The Hall–Kier alpha value is -3.87. The molecule has 1 unspecified atom stereocenters. The number of fused-ring (bicyclic) bond motifs is 3. The van der Waals surface area contributed by atoms with Crippen LogP contribution < -0.4 is 15.5 Å². The predicted molar refractivity (Wildman–Crippen MR) is 194 cm³/mol. The zero-order chi connectivity index (χ0) is 35.2. The number of ether oxygens (including phenoxy) is 1. The van der Waals surface area contributed by atoms with E-state index in [0.29, 0.717) is 31.7 Å². The highest BCUT2D eigenvalue weighted by Gasteiger charge is 2.66. The molecular weight excluding hydrogens is 649 g/mol. The lowest BCUT2D eigenvalue weighted by Crippen LogP contribution is -2.48. The van der Waals surface area contributed by atoms with E-state index in [1.807, 2.05) is 92.8 Å². The lowest BCUT2D eigenvalue weighted by Gasteiger charge is -2.37. The van der Waals surface area contributed by atoms with Crippen molar-refractivity contribution in [3.8, 4) is 0 Å². The normalized spacial score (nSPS) is 27.7. The van der Waals surface area contributed by atoms with Gasteiger partial charge in [-0.1, -0.05) is 61.5 Å². The molecule has 2 saturated heterocycles. The molecule has 11 heteroatoms. The fourth-order valence-electron chi connectivity index (χ4n) is 8.92. The molecule has 50 heavy (non-hydrogen) atoms. The number of nitrogens with zero attached hydrogens (tertiary/aromatic N) is 2. The van der Waals surface area contributed by atoms with Crippen LogP contribution in [0.2, 0.25) is 18.6 Å². The summed E-state index contributed by atoms with van der Waals surface area (Å²) < 4.78 is 6.91. The van der Waals surface area contributed by atoms with Crippen molar-refractivity contribution in [2.45, 2.75) is 82.1 Å². The molecule has 6 atom stereocenters. The van der Waals surface area contributed by atoms with Crippen molar-refractivity contribution in [3.63, 3.8) is 0 Å². The summed E-state index contributed by atoms with van der Waals surface area (Å²) in [5.41, 5.74) is 3.56. The molecule has 10 nitrogen and oxygen atoms in total. The topological polar surface area (TPSA) is 131 Å². The average Bonchev–Trinajstić information content (AvgIpc) is 3.54. The molecule has 3 amide bonds. The summed E-state index contributed by atoms with van der Waals surface area (Å²) in [7, 11) is -2.98. The molecule has 7 rings (SSSR count). The number of aliphatic hydroxyl groups excluding tert-OH is 1. The minimum Gasteiger partial charge on any atom is -0.432 e. The highest BCUT2D eigenvalue weighted by molar-refractivity contribution is 6.71. The lowest BCUT2D eigenvalue weighted by molar-refractivity contribution is -0.151. The molecular formula is C39H48N4O6Si. The van der Waals surface area contributed by atoms with Gasteiger partial charge in [-0.3, -0.25) is 14.4 Å². The fourth-order valence-corrected chi connectivity index (χ4v) is 11.5. The van der Waals surface area contributed by atoms with Crippen molar-refractivity contribution < 1.29 is 29.0 Å². The van der Waals surface area contributed by atoms with Gasteiger partial charge in [0.1, 0.15) is 0 Å². The third-order valence-corrected chi connectivity index (χ3v) is 13.9. The smallest absolute Gasteiger partial charge is 0.264 e. The molecule has 1 spiro atoms. The number of nitrogens with one attached hydrogen (secondary N) is 2. The standard InChI is InChI=1S/C39H48N4O6Si/c1-25-36(50(2,3)48)34(20-35(45)42-23-29-10-5-4-9-27(29)19-31(42)24-44)49-39(25)32-12-6-7-13-33(32)43(38(39)47)22-26-14-16-30(17-15-26)41-37(46)28-11-8-18-40-21-28/h4-7,9-10,12-17,25,28,31,34,36,40,44,48H,8,11,18-24H2,1-3H3,(H,41,46)/t25-,28?,31+,34+,36-,39+/m1/s1. The first kappa shape index (κ1) is 34.6. The van der Waals surface area contributed by atoms with Gasteiger partial charge in [-0.2, -0.15) is 0 Å². The van der Waals surface area contributed by atoms with Crippen molar-refractivity contribution in [3.05, 3.63) is 95.1 Å². The Morgan fingerprint density at radius 3 is 2.46 bits per heavy atom. The quantitative estimate of drug-likeness (QED) is 0.259. The summed E-state index contributed by atoms with van der Waals surface area (Å²) in [4.78, 5) is 56.8. The van der Waals surface area contributed by atoms with E-state index in [1.54, 1.807) is 9.80 Å². The maximum Gasteiger partial charge on any atom is 0.264 e. The number of para-hydroxylation sites is 1. The van der Waals surface area contributed by atoms with Crippen molar-refractivity contribution >= 4 is 37.4 Å². The summed E-state index contributed by atoms with van der Waals surface area (Å²) >= 11 is 0. The van der Waals surface area contributed by atoms with Crippen LogP contribution >= 0.6 is 0 Å². The molecule has 2 fully saturated rings. The monoisotopic (exact) mass is 696 g/mol. The van der Waals surface area contributed by atoms with Crippen LogP contribution in [0.4, 0.5) is 11.4 Å². The molecule has 0 aromatic heterocycles. The number of amides is 3. The average molecular weight is 697 g/mol. The first-order valence-electron chi connectivity index (χ1n) is 17.9. The number of rotatable bonds is 8. The first-order valence-corrected chi connectivity index (χ1v) is 20.9. The molecule has 264 valence electrons. The minimum absolute atomic E-state index is 0.00592. The second-order valence-corrected chi connectivity index (χ2v) is 19.0. The SMILES string of the molecule is C[C@@H]1[C@@H]([Si](C)(C)O)[C@H](CC(=O)N2Cc3ccccc3C[C@H]2CO)O[C@@]12C(=O)N(Cc1ccc(NC(=O)C3CCCNC3)cc1)c1ccccc12. The van der Waals surface area contributed by atoms with Crippen molar-refractivity contribution in [1.82, 2.24) is 10.2 Å². The fraction of sp³-hybridized carbons (Fsp3) is 0.462. The van der Waals surface area contributed by atoms with E-state index in [1.165, 1.54) is 0 Å². The number of piperidine rings is 1. The first-order chi connectivity index (χ1) is 24.0. The van der Waals surface area contributed by atoms with Crippen LogP contribution in [0.5, 0.6) is 0 Å². The Balaban J connectivity index is 1.13. The summed E-state index contributed by atoms with van der Waals surface area (Å²) in [5, 5.41) is 16.6. The van der Waals surface area contributed by atoms with Gasteiger partial charge in [0.15, 0.2) is 13.9 Å². The zero-order valence-electron chi connectivity index (χ0n) is 29.1. The van der Waals surface area contributed by atoms with Crippen LogP contribution in [0.25, 0.3) is 0 Å². The molecule has 4 aliphatic heterocycles. The van der Waals surface area contributed by atoms with Crippen molar-refractivity contribution in [2.24, 2.45) is 11.8 Å². The molecule has 3 aromatic carbocycles. The second-order valence-electron chi connectivity index (χ2n) is 15.0. The number of aliphatic hydroxyl groups is 1. The summed E-state index contributed by atoms with van der Waals surface area (Å²) in [6, 6.07) is 22.9. The number of hydrogen-bond donors (Lipinski definition) is 4. The summed E-state index contributed by atoms with van der Waals surface area (Å²) in [6.45, 7) is 7.87. The van der Waals surface area contributed by atoms with Crippen LogP contribution in [0.15, 0.2) is 72.8 Å². The number of anilines is 2. The highest BCUT2D eigenvalue weighted by Crippen LogP contribution is 2.59. The maximum absolute atomic E-state index is 14.8. The van der Waals surface area contributed by atoms with Crippen LogP contribution in [-0.4, -0.2) is 72.7 Å². The van der Waals surface area contributed by atoms with Crippen LogP contribution in [0, 0.1) is 11.8 Å². The number of hydrogen-bond acceptors (Lipinski definition) is 7. The van der Waals surface area contributed by atoms with Crippen molar-refractivity contribution in [1.29, 1.82) is 0 Å². The molecule has 0 saturated carbocycles. The minimum atomic E-state index is -2.98. The van der Waals surface area contributed by atoms with Crippen LogP contribution in [-0.2, 0) is 44.2 Å². The van der Waals surface area contributed by atoms with E-state index < -0.39 is 31.5 Å². The van der Waals surface area contributed by atoms with Gasteiger partial charge in [0.05, 0.1) is 43.3 Å². The maximum atomic E-state index is 14.8. The predicted octanol–water partition coefficient (Wildman–Crippen LogP) is 4.31. The van der Waals surface area contributed by atoms with Gasteiger partial charge in [-0.05, 0) is 73.8 Å². The molecule has 4 heterocycles. The van der Waals surface area contributed by atoms with E-state index in [0.717, 1.165) is 47.3 Å². The van der Waals surface area contributed by atoms with E-state index in [-0.39, 0.29) is 42.7 Å². The Morgan fingerprint density at radius 1 is 1.04 bits per heavy atom.